The van der Waals surface area contributed by atoms with Gasteiger partial charge in [-0.05, 0) is 43.4 Å². The molecule has 1 heterocycles. The Kier molecular flexibility index (Phi) is 4.01. The fraction of sp³-hybridized carbons (Fsp3) is 0.882. The highest BCUT2D eigenvalue weighted by atomic mass is 16.2. The van der Waals surface area contributed by atoms with Crippen LogP contribution < -0.4 is 0 Å². The number of nitrogens with zero attached hydrogens (tertiary/aromatic N) is 1. The summed E-state index contributed by atoms with van der Waals surface area (Å²) in [6.45, 7) is 14.9. The standard InChI is InChI=1S/C17H29NO2/c1-8(2)12-11(7)13(9(3)4)15-14(12)16(19)18(10(5)6)17(15)20/h8-15H,1-7H3. The Hall–Kier alpha value is -0.860. The number of rotatable bonds is 3. The second-order valence-corrected chi connectivity index (χ2v) is 7.69. The van der Waals surface area contributed by atoms with Gasteiger partial charge in [-0.2, -0.15) is 0 Å². The van der Waals surface area contributed by atoms with Gasteiger partial charge in [0.1, 0.15) is 0 Å². The van der Waals surface area contributed by atoms with E-state index in [9.17, 15) is 9.59 Å². The van der Waals surface area contributed by atoms with Gasteiger partial charge in [0.2, 0.25) is 11.8 Å². The van der Waals surface area contributed by atoms with Crippen LogP contribution in [0.15, 0.2) is 0 Å². The van der Waals surface area contributed by atoms with Crippen molar-refractivity contribution in [3.63, 3.8) is 0 Å². The molecule has 3 heteroatoms. The number of carbonyl (C=O) groups excluding carboxylic acids is 2. The number of hydrogen-bond donors (Lipinski definition) is 0. The number of hydrogen-bond acceptors (Lipinski definition) is 2. The molecule has 0 aromatic carbocycles. The molecule has 2 aliphatic rings. The molecule has 4 unspecified atom stereocenters. The molecule has 2 amide bonds. The first-order chi connectivity index (χ1) is 9.20. The molecule has 4 atom stereocenters. The van der Waals surface area contributed by atoms with Crippen LogP contribution in [-0.4, -0.2) is 22.8 Å². The largest absolute Gasteiger partial charge is 0.280 e. The first-order valence-corrected chi connectivity index (χ1v) is 8.07. The zero-order valence-corrected chi connectivity index (χ0v) is 13.9. The minimum absolute atomic E-state index is 0.0171. The summed E-state index contributed by atoms with van der Waals surface area (Å²) in [5.74, 6) is 2.05. The zero-order chi connectivity index (χ0) is 15.4. The van der Waals surface area contributed by atoms with Gasteiger partial charge >= 0.3 is 0 Å². The second-order valence-electron chi connectivity index (χ2n) is 7.69. The summed E-state index contributed by atoms with van der Waals surface area (Å²) in [5.41, 5.74) is 0. The van der Waals surface area contributed by atoms with Crippen LogP contribution in [-0.2, 0) is 9.59 Å². The quantitative estimate of drug-likeness (QED) is 0.744. The molecule has 1 aliphatic carbocycles. The fourth-order valence-corrected chi connectivity index (χ4v) is 5.01. The van der Waals surface area contributed by atoms with Gasteiger partial charge < -0.3 is 0 Å². The number of likely N-dealkylation sites (tertiary alicyclic amines) is 1. The minimum atomic E-state index is -0.0766. The maximum absolute atomic E-state index is 12.8. The second kappa shape index (κ2) is 5.16. The Morgan fingerprint density at radius 2 is 1.15 bits per heavy atom. The van der Waals surface area contributed by atoms with E-state index in [1.165, 1.54) is 4.90 Å². The molecule has 1 saturated carbocycles. The van der Waals surface area contributed by atoms with Gasteiger partial charge in [-0.3, -0.25) is 14.5 Å². The molecule has 0 bridgehead atoms. The Morgan fingerprint density at radius 1 is 0.800 bits per heavy atom. The normalized spacial score (nSPS) is 37.7. The molecule has 0 radical (unpaired) electrons. The average molecular weight is 279 g/mol. The molecule has 1 saturated heterocycles. The van der Waals surface area contributed by atoms with Gasteiger partial charge in [0.25, 0.3) is 0 Å². The number of carbonyl (C=O) groups is 2. The minimum Gasteiger partial charge on any atom is -0.280 e. The molecule has 20 heavy (non-hydrogen) atoms. The molecular formula is C17H29NO2. The molecule has 0 spiro atoms. The highest BCUT2D eigenvalue weighted by Crippen LogP contribution is 2.55. The first-order valence-electron chi connectivity index (χ1n) is 8.07. The maximum atomic E-state index is 12.8. The number of fused-ring (bicyclic) bond motifs is 1. The Balaban J connectivity index is 2.46. The van der Waals surface area contributed by atoms with Crippen LogP contribution in [0.1, 0.15) is 48.5 Å². The molecule has 0 aromatic rings. The van der Waals surface area contributed by atoms with Crippen LogP contribution in [0.5, 0.6) is 0 Å². The smallest absolute Gasteiger partial charge is 0.233 e. The number of imide groups is 1. The third kappa shape index (κ3) is 2.01. The topological polar surface area (TPSA) is 37.4 Å². The summed E-state index contributed by atoms with van der Waals surface area (Å²) in [4.78, 5) is 27.1. The molecule has 1 aliphatic heterocycles. The summed E-state index contributed by atoms with van der Waals surface area (Å²) < 4.78 is 0. The summed E-state index contributed by atoms with van der Waals surface area (Å²) >= 11 is 0. The van der Waals surface area contributed by atoms with Crippen LogP contribution in [0.3, 0.4) is 0 Å². The zero-order valence-electron chi connectivity index (χ0n) is 13.9. The highest BCUT2D eigenvalue weighted by molar-refractivity contribution is 6.06. The van der Waals surface area contributed by atoms with Crippen LogP contribution >= 0.6 is 0 Å². The lowest BCUT2D eigenvalue weighted by Crippen LogP contribution is -2.41. The van der Waals surface area contributed by atoms with Gasteiger partial charge in [0.15, 0.2) is 0 Å². The molecular weight excluding hydrogens is 250 g/mol. The van der Waals surface area contributed by atoms with Crippen molar-refractivity contribution in [1.29, 1.82) is 0 Å². The predicted molar refractivity (Wildman–Crippen MR) is 79.8 cm³/mol. The lowest BCUT2D eigenvalue weighted by molar-refractivity contribution is -0.143. The third-order valence-electron chi connectivity index (χ3n) is 5.53. The van der Waals surface area contributed by atoms with E-state index in [-0.39, 0.29) is 29.7 Å². The fourth-order valence-electron chi connectivity index (χ4n) is 5.01. The van der Waals surface area contributed by atoms with E-state index < -0.39 is 0 Å². The van der Waals surface area contributed by atoms with Gasteiger partial charge in [-0.15, -0.1) is 0 Å². The van der Waals surface area contributed by atoms with E-state index in [0.717, 1.165) is 0 Å². The van der Waals surface area contributed by atoms with E-state index in [0.29, 0.717) is 29.6 Å². The molecule has 2 rings (SSSR count). The van der Waals surface area contributed by atoms with E-state index in [4.69, 9.17) is 0 Å². The molecule has 2 fully saturated rings. The third-order valence-corrected chi connectivity index (χ3v) is 5.53. The van der Waals surface area contributed by atoms with Crippen molar-refractivity contribution in [3.05, 3.63) is 0 Å². The van der Waals surface area contributed by atoms with Crippen LogP contribution in [0.2, 0.25) is 0 Å². The molecule has 3 nitrogen and oxygen atoms in total. The average Bonchev–Trinajstić information content (AvgIpc) is 2.72. The van der Waals surface area contributed by atoms with Crippen molar-refractivity contribution in [2.75, 3.05) is 0 Å². The van der Waals surface area contributed by atoms with Gasteiger partial charge in [0.05, 0.1) is 11.8 Å². The van der Waals surface area contributed by atoms with Crippen molar-refractivity contribution in [1.82, 2.24) is 4.90 Å². The van der Waals surface area contributed by atoms with Gasteiger partial charge in [0, 0.05) is 6.04 Å². The van der Waals surface area contributed by atoms with Crippen molar-refractivity contribution < 1.29 is 9.59 Å². The van der Waals surface area contributed by atoms with Crippen molar-refractivity contribution in [3.8, 4) is 0 Å². The first kappa shape index (κ1) is 15.5. The summed E-state index contributed by atoms with van der Waals surface area (Å²) in [6.07, 6.45) is 0. The monoisotopic (exact) mass is 279 g/mol. The summed E-state index contributed by atoms with van der Waals surface area (Å²) in [6, 6.07) is -0.0171. The van der Waals surface area contributed by atoms with Gasteiger partial charge in [-0.1, -0.05) is 34.6 Å². The van der Waals surface area contributed by atoms with E-state index in [1.54, 1.807) is 0 Å². The van der Waals surface area contributed by atoms with Gasteiger partial charge in [-0.25, -0.2) is 0 Å². The lowest BCUT2D eigenvalue weighted by Gasteiger charge is -2.31. The van der Waals surface area contributed by atoms with E-state index >= 15 is 0 Å². The van der Waals surface area contributed by atoms with Crippen molar-refractivity contribution >= 4 is 11.8 Å². The Labute approximate surface area is 123 Å². The predicted octanol–water partition coefficient (Wildman–Crippen LogP) is 3.19. The highest BCUT2D eigenvalue weighted by Gasteiger charge is 2.62. The van der Waals surface area contributed by atoms with Crippen molar-refractivity contribution in [2.45, 2.75) is 54.5 Å². The number of amides is 2. The Morgan fingerprint density at radius 3 is 1.40 bits per heavy atom. The lowest BCUT2D eigenvalue weighted by atomic mass is 9.77. The molecule has 114 valence electrons. The van der Waals surface area contributed by atoms with Crippen LogP contribution in [0.4, 0.5) is 0 Å². The van der Waals surface area contributed by atoms with E-state index in [1.807, 2.05) is 13.8 Å². The molecule has 0 N–H and O–H groups in total. The summed E-state index contributed by atoms with van der Waals surface area (Å²) in [7, 11) is 0. The van der Waals surface area contributed by atoms with E-state index in [2.05, 4.69) is 34.6 Å². The maximum Gasteiger partial charge on any atom is 0.233 e. The van der Waals surface area contributed by atoms with Crippen molar-refractivity contribution in [2.24, 2.45) is 41.4 Å². The van der Waals surface area contributed by atoms with Crippen LogP contribution in [0.25, 0.3) is 0 Å². The summed E-state index contributed by atoms with van der Waals surface area (Å²) in [5, 5.41) is 0. The molecule has 0 aromatic heterocycles. The SMILES string of the molecule is CC(C)C1C(C)C(C(C)C)C2C(=O)N(C(C)C)C(=O)C21. The Bertz CT molecular complexity index is 379. The van der Waals surface area contributed by atoms with Crippen LogP contribution in [0, 0.1) is 41.4 Å².